The molecule has 4 aliphatic heterocycles. The average molecular weight is 411 g/mol. The Balaban J connectivity index is 1.37. The minimum absolute atomic E-state index is 0.0668. The van der Waals surface area contributed by atoms with Gasteiger partial charge in [-0.25, -0.2) is 0 Å². The summed E-state index contributed by atoms with van der Waals surface area (Å²) >= 11 is 0. The van der Waals surface area contributed by atoms with Crippen LogP contribution in [-0.4, -0.2) is 59.2 Å². The predicted octanol–water partition coefficient (Wildman–Crippen LogP) is 1.41. The number of carbonyl (C=O) groups excluding carboxylic acids is 3. The standard InChI is InChI=1S/C23H30N4O3/c1-24-9-8-23-11-15(12-23)7-10-26(23)13-16-3-2-4-17-14-27(22(30)20(16)17)18-5-6-19(28)25-21(18)29/h2-4,15,18,24H,5-14H2,1H3,(H,25,28,29). The third kappa shape index (κ3) is 3.15. The van der Waals surface area contributed by atoms with Crippen LogP contribution in [0.15, 0.2) is 18.2 Å². The van der Waals surface area contributed by atoms with Gasteiger partial charge in [0.2, 0.25) is 11.8 Å². The third-order valence-corrected chi connectivity index (χ3v) is 7.66. The van der Waals surface area contributed by atoms with E-state index in [1.807, 2.05) is 19.2 Å². The molecule has 0 spiro atoms. The number of imide groups is 1. The molecule has 30 heavy (non-hydrogen) atoms. The van der Waals surface area contributed by atoms with Crippen molar-refractivity contribution >= 4 is 17.7 Å². The first-order chi connectivity index (χ1) is 14.5. The quantitative estimate of drug-likeness (QED) is 0.693. The Kier molecular flexibility index (Phi) is 4.90. The molecule has 1 aromatic rings. The molecule has 160 valence electrons. The lowest BCUT2D eigenvalue weighted by molar-refractivity contribution is -0.136. The molecule has 0 radical (unpaired) electrons. The number of nitrogens with zero attached hydrogens (tertiary/aromatic N) is 2. The molecule has 3 saturated heterocycles. The zero-order valence-corrected chi connectivity index (χ0v) is 17.6. The second-order valence-electron chi connectivity index (χ2n) is 9.41. The van der Waals surface area contributed by atoms with Crippen molar-refractivity contribution in [2.24, 2.45) is 5.92 Å². The summed E-state index contributed by atoms with van der Waals surface area (Å²) in [5.74, 6) is 0.195. The van der Waals surface area contributed by atoms with Crippen molar-refractivity contribution in [3.05, 3.63) is 34.9 Å². The van der Waals surface area contributed by atoms with E-state index in [2.05, 4.69) is 21.6 Å². The second kappa shape index (κ2) is 7.46. The fourth-order valence-corrected chi connectivity index (χ4v) is 6.05. The number of nitrogens with one attached hydrogen (secondary N) is 2. The van der Waals surface area contributed by atoms with Gasteiger partial charge in [-0.15, -0.1) is 0 Å². The SMILES string of the molecule is CNCCC12CC(CCN1Cc1cccc3c1C(=O)N(C1CCC(=O)NC1=O)C3)C2. The lowest BCUT2D eigenvalue weighted by atomic mass is 9.61. The van der Waals surface area contributed by atoms with Crippen molar-refractivity contribution in [2.45, 2.75) is 63.2 Å². The first kappa shape index (κ1) is 19.7. The first-order valence-corrected chi connectivity index (χ1v) is 11.2. The number of hydrogen-bond donors (Lipinski definition) is 2. The molecule has 5 aliphatic rings. The minimum Gasteiger partial charge on any atom is -0.322 e. The zero-order valence-electron chi connectivity index (χ0n) is 17.6. The van der Waals surface area contributed by atoms with Crippen molar-refractivity contribution in [3.63, 3.8) is 0 Å². The van der Waals surface area contributed by atoms with Crippen LogP contribution in [0.3, 0.4) is 0 Å². The number of amides is 3. The maximum Gasteiger partial charge on any atom is 0.255 e. The fourth-order valence-electron chi connectivity index (χ4n) is 6.05. The van der Waals surface area contributed by atoms with Crippen LogP contribution in [-0.2, 0) is 22.7 Å². The topological polar surface area (TPSA) is 81.8 Å². The van der Waals surface area contributed by atoms with Gasteiger partial charge in [-0.2, -0.15) is 0 Å². The molecule has 4 heterocycles. The number of carbonyl (C=O) groups is 3. The van der Waals surface area contributed by atoms with Crippen LogP contribution in [0.4, 0.5) is 0 Å². The monoisotopic (exact) mass is 410 g/mol. The Morgan fingerprint density at radius 3 is 2.80 bits per heavy atom. The van der Waals surface area contributed by atoms with Crippen LogP contribution in [0, 0.1) is 5.92 Å². The highest BCUT2D eigenvalue weighted by Crippen LogP contribution is 2.51. The summed E-state index contributed by atoms with van der Waals surface area (Å²) in [4.78, 5) is 41.5. The minimum atomic E-state index is -0.556. The molecule has 0 aromatic heterocycles. The molecule has 6 rings (SSSR count). The van der Waals surface area contributed by atoms with Gasteiger partial charge in [-0.3, -0.25) is 24.6 Å². The summed E-state index contributed by atoms with van der Waals surface area (Å²) in [5.41, 5.74) is 3.10. The lowest BCUT2D eigenvalue weighted by Gasteiger charge is -2.60. The van der Waals surface area contributed by atoms with Crippen molar-refractivity contribution in [1.29, 1.82) is 0 Å². The van der Waals surface area contributed by atoms with Crippen molar-refractivity contribution in [3.8, 4) is 0 Å². The van der Waals surface area contributed by atoms with E-state index in [4.69, 9.17) is 0 Å². The van der Waals surface area contributed by atoms with Crippen LogP contribution >= 0.6 is 0 Å². The summed E-state index contributed by atoms with van der Waals surface area (Å²) in [6.07, 6.45) is 5.60. The molecule has 1 saturated carbocycles. The maximum absolute atomic E-state index is 13.4. The Labute approximate surface area is 177 Å². The van der Waals surface area contributed by atoms with Gasteiger partial charge < -0.3 is 10.2 Å². The van der Waals surface area contributed by atoms with Gasteiger partial charge in [0, 0.05) is 30.6 Å². The highest BCUT2D eigenvalue weighted by Gasteiger charge is 2.51. The van der Waals surface area contributed by atoms with Gasteiger partial charge in [0.15, 0.2) is 0 Å². The summed E-state index contributed by atoms with van der Waals surface area (Å²) in [5, 5.41) is 5.68. The molecular formula is C23H30N4O3. The smallest absolute Gasteiger partial charge is 0.255 e. The normalized spacial score (nSPS) is 30.8. The Bertz CT molecular complexity index is 892. The van der Waals surface area contributed by atoms with Crippen molar-refractivity contribution in [1.82, 2.24) is 20.4 Å². The maximum atomic E-state index is 13.4. The second-order valence-corrected chi connectivity index (χ2v) is 9.41. The van der Waals surface area contributed by atoms with E-state index in [1.54, 1.807) is 4.90 Å². The van der Waals surface area contributed by atoms with E-state index in [0.29, 0.717) is 13.0 Å². The number of benzene rings is 1. The summed E-state index contributed by atoms with van der Waals surface area (Å²) in [6, 6.07) is 5.54. The van der Waals surface area contributed by atoms with E-state index in [0.717, 1.165) is 48.7 Å². The van der Waals surface area contributed by atoms with Crippen LogP contribution < -0.4 is 10.6 Å². The van der Waals surface area contributed by atoms with Crippen LogP contribution in [0.5, 0.6) is 0 Å². The molecule has 1 atom stereocenters. The van der Waals surface area contributed by atoms with Gasteiger partial charge in [-0.1, -0.05) is 18.2 Å². The predicted molar refractivity (Wildman–Crippen MR) is 112 cm³/mol. The van der Waals surface area contributed by atoms with Gasteiger partial charge in [0.25, 0.3) is 5.91 Å². The molecule has 1 aliphatic carbocycles. The number of fused-ring (bicyclic) bond motifs is 3. The van der Waals surface area contributed by atoms with Crippen molar-refractivity contribution < 1.29 is 14.4 Å². The number of rotatable bonds is 6. The fraction of sp³-hybridized carbons (Fsp3) is 0.609. The number of piperidine rings is 3. The van der Waals surface area contributed by atoms with E-state index < -0.39 is 6.04 Å². The first-order valence-electron chi connectivity index (χ1n) is 11.2. The highest BCUT2D eigenvalue weighted by atomic mass is 16.2. The van der Waals surface area contributed by atoms with Crippen LogP contribution in [0.2, 0.25) is 0 Å². The molecule has 3 amide bonds. The largest absolute Gasteiger partial charge is 0.322 e. The van der Waals surface area contributed by atoms with E-state index in [-0.39, 0.29) is 29.7 Å². The molecule has 7 heteroatoms. The molecule has 2 N–H and O–H groups in total. The Hall–Kier alpha value is -2.25. The Morgan fingerprint density at radius 2 is 2.03 bits per heavy atom. The number of hydrogen-bond acceptors (Lipinski definition) is 5. The molecule has 7 nitrogen and oxygen atoms in total. The van der Waals surface area contributed by atoms with Crippen LogP contribution in [0.1, 0.15) is 60.0 Å². The molecule has 4 fully saturated rings. The molecule has 2 bridgehead atoms. The summed E-state index contributed by atoms with van der Waals surface area (Å²) < 4.78 is 0. The third-order valence-electron chi connectivity index (χ3n) is 7.66. The van der Waals surface area contributed by atoms with E-state index >= 15 is 0 Å². The highest BCUT2D eigenvalue weighted by molar-refractivity contribution is 6.06. The molecular weight excluding hydrogens is 380 g/mol. The molecule has 1 aromatic carbocycles. The lowest BCUT2D eigenvalue weighted by Crippen LogP contribution is -2.62. The van der Waals surface area contributed by atoms with Crippen molar-refractivity contribution in [2.75, 3.05) is 20.1 Å². The van der Waals surface area contributed by atoms with Gasteiger partial charge in [0.1, 0.15) is 6.04 Å². The molecule has 1 unspecified atom stereocenters. The summed E-state index contributed by atoms with van der Waals surface area (Å²) in [7, 11) is 2.01. The van der Waals surface area contributed by atoms with E-state index in [1.165, 1.54) is 19.3 Å². The summed E-state index contributed by atoms with van der Waals surface area (Å²) in [6.45, 7) is 3.33. The Morgan fingerprint density at radius 1 is 1.20 bits per heavy atom. The average Bonchev–Trinajstić information content (AvgIpc) is 3.04. The van der Waals surface area contributed by atoms with E-state index in [9.17, 15) is 14.4 Å². The van der Waals surface area contributed by atoms with Gasteiger partial charge in [0.05, 0.1) is 0 Å². The van der Waals surface area contributed by atoms with Gasteiger partial charge >= 0.3 is 0 Å². The van der Waals surface area contributed by atoms with Gasteiger partial charge in [-0.05, 0) is 69.3 Å². The zero-order chi connectivity index (χ0) is 20.9. The van der Waals surface area contributed by atoms with Crippen LogP contribution in [0.25, 0.3) is 0 Å².